The number of rotatable bonds is 55. The zero-order valence-corrected chi connectivity index (χ0v) is 47.0. The van der Waals surface area contributed by atoms with Gasteiger partial charge in [-0.15, -0.1) is 0 Å². The summed E-state index contributed by atoms with van der Waals surface area (Å²) in [7, 11) is 0. The fourth-order valence-corrected chi connectivity index (χ4v) is 8.64. The van der Waals surface area contributed by atoms with E-state index in [-0.39, 0.29) is 31.1 Å². The normalized spacial score (nSPS) is 12.5. The lowest BCUT2D eigenvalue weighted by atomic mass is 10.0. The molecule has 0 fully saturated rings. The van der Waals surface area contributed by atoms with E-state index in [0.717, 1.165) is 96.3 Å². The first-order chi connectivity index (χ1) is 35.0. The van der Waals surface area contributed by atoms with Crippen LogP contribution in [0.4, 0.5) is 0 Å². The Morgan fingerprint density at radius 1 is 0.296 bits per heavy atom. The minimum atomic E-state index is -0.791. The number of carbonyl (C=O) groups is 3. The van der Waals surface area contributed by atoms with E-state index in [4.69, 9.17) is 14.2 Å². The first kappa shape index (κ1) is 67.8. The number of allylic oxidation sites excluding steroid dienone is 12. The molecule has 6 nitrogen and oxygen atoms in total. The van der Waals surface area contributed by atoms with Crippen LogP contribution in [-0.2, 0) is 28.6 Å². The highest BCUT2D eigenvalue weighted by Gasteiger charge is 2.19. The second-order valence-electron chi connectivity index (χ2n) is 20.2. The zero-order chi connectivity index (χ0) is 51.4. The molecule has 0 N–H and O–H groups in total. The molecule has 0 aliphatic heterocycles. The second kappa shape index (κ2) is 59.4. The molecule has 0 aliphatic carbocycles. The molecular formula is C65H114O6. The van der Waals surface area contributed by atoms with Crippen LogP contribution in [0.2, 0.25) is 0 Å². The molecule has 410 valence electrons. The summed E-state index contributed by atoms with van der Waals surface area (Å²) in [6.07, 6.45) is 76.1. The van der Waals surface area contributed by atoms with E-state index in [0.29, 0.717) is 19.3 Å². The molecule has 0 amide bonds. The Labute approximate surface area is 440 Å². The van der Waals surface area contributed by atoms with Crippen molar-refractivity contribution in [3.05, 3.63) is 72.9 Å². The van der Waals surface area contributed by atoms with Gasteiger partial charge in [0, 0.05) is 19.3 Å². The summed E-state index contributed by atoms with van der Waals surface area (Å²) < 4.78 is 16.9. The van der Waals surface area contributed by atoms with Crippen molar-refractivity contribution in [2.45, 2.75) is 309 Å². The highest BCUT2D eigenvalue weighted by Crippen LogP contribution is 2.16. The lowest BCUT2D eigenvalue weighted by Crippen LogP contribution is -2.30. The fraction of sp³-hybridized carbons (Fsp3) is 0.769. The van der Waals surface area contributed by atoms with Gasteiger partial charge in [0.05, 0.1) is 0 Å². The highest BCUT2D eigenvalue weighted by molar-refractivity contribution is 5.71. The van der Waals surface area contributed by atoms with Gasteiger partial charge in [-0.1, -0.05) is 267 Å². The first-order valence-corrected chi connectivity index (χ1v) is 30.4. The van der Waals surface area contributed by atoms with Crippen LogP contribution in [-0.4, -0.2) is 37.2 Å². The van der Waals surface area contributed by atoms with Crippen molar-refractivity contribution in [1.82, 2.24) is 0 Å². The lowest BCUT2D eigenvalue weighted by Gasteiger charge is -2.18. The molecular weight excluding hydrogens is 877 g/mol. The molecule has 0 rings (SSSR count). The van der Waals surface area contributed by atoms with E-state index < -0.39 is 6.10 Å². The van der Waals surface area contributed by atoms with E-state index >= 15 is 0 Å². The van der Waals surface area contributed by atoms with Gasteiger partial charge in [0.2, 0.25) is 0 Å². The summed E-state index contributed by atoms with van der Waals surface area (Å²) in [6, 6.07) is 0. The number of hydrogen-bond donors (Lipinski definition) is 0. The summed E-state index contributed by atoms with van der Waals surface area (Å²) in [5, 5.41) is 0. The Bertz CT molecular complexity index is 1320. The maximum absolute atomic E-state index is 12.9. The van der Waals surface area contributed by atoms with E-state index in [9.17, 15) is 14.4 Å². The number of esters is 3. The van der Waals surface area contributed by atoms with Crippen molar-refractivity contribution >= 4 is 17.9 Å². The minimum Gasteiger partial charge on any atom is -0.462 e. The van der Waals surface area contributed by atoms with Crippen LogP contribution in [0, 0.1) is 0 Å². The van der Waals surface area contributed by atoms with Crippen LogP contribution in [0.5, 0.6) is 0 Å². The maximum Gasteiger partial charge on any atom is 0.306 e. The van der Waals surface area contributed by atoms with Crippen molar-refractivity contribution < 1.29 is 28.6 Å². The Morgan fingerprint density at radius 2 is 0.549 bits per heavy atom. The Kier molecular flexibility index (Phi) is 56.8. The monoisotopic (exact) mass is 991 g/mol. The number of carbonyl (C=O) groups excluding carboxylic acids is 3. The molecule has 0 aromatic heterocycles. The molecule has 0 bridgehead atoms. The lowest BCUT2D eigenvalue weighted by molar-refractivity contribution is -0.167. The van der Waals surface area contributed by atoms with E-state index in [2.05, 4.69) is 93.7 Å². The second-order valence-corrected chi connectivity index (χ2v) is 20.2. The third kappa shape index (κ3) is 57.6. The van der Waals surface area contributed by atoms with Gasteiger partial charge < -0.3 is 14.2 Å². The van der Waals surface area contributed by atoms with Gasteiger partial charge in [0.15, 0.2) is 6.10 Å². The molecule has 0 aromatic rings. The third-order valence-electron chi connectivity index (χ3n) is 13.2. The first-order valence-electron chi connectivity index (χ1n) is 30.4. The smallest absolute Gasteiger partial charge is 0.306 e. The molecule has 0 radical (unpaired) electrons. The van der Waals surface area contributed by atoms with Crippen LogP contribution in [0.3, 0.4) is 0 Å². The maximum atomic E-state index is 12.9. The third-order valence-corrected chi connectivity index (χ3v) is 13.2. The summed E-state index contributed by atoms with van der Waals surface area (Å²) in [6.45, 7) is 6.53. The summed E-state index contributed by atoms with van der Waals surface area (Å²) in [4.78, 5) is 38.3. The van der Waals surface area contributed by atoms with Crippen molar-refractivity contribution in [3.8, 4) is 0 Å². The minimum absolute atomic E-state index is 0.0850. The molecule has 1 unspecified atom stereocenters. The van der Waals surface area contributed by atoms with Crippen molar-refractivity contribution in [2.75, 3.05) is 13.2 Å². The van der Waals surface area contributed by atoms with E-state index in [1.807, 2.05) is 0 Å². The quantitative estimate of drug-likeness (QED) is 0.0261. The summed E-state index contributed by atoms with van der Waals surface area (Å²) in [5.41, 5.74) is 0. The van der Waals surface area contributed by atoms with Gasteiger partial charge in [-0.3, -0.25) is 14.4 Å². The molecule has 71 heavy (non-hydrogen) atoms. The SMILES string of the molecule is CC/C=C\C/C=C\C/C=C\C/C=C\C/C=C\CCCCCC(=O)OCC(COC(=O)CCCCCCCCCCCCCCCCCCC)OC(=O)CCCCCCCCC/C=C\CCCCCCCC. The topological polar surface area (TPSA) is 78.9 Å². The largest absolute Gasteiger partial charge is 0.462 e. The average Bonchev–Trinajstić information content (AvgIpc) is 3.37. The van der Waals surface area contributed by atoms with Gasteiger partial charge in [0.1, 0.15) is 13.2 Å². The molecule has 6 heteroatoms. The van der Waals surface area contributed by atoms with Gasteiger partial charge >= 0.3 is 17.9 Å². The van der Waals surface area contributed by atoms with Crippen LogP contribution in [0.1, 0.15) is 303 Å². The van der Waals surface area contributed by atoms with Crippen LogP contribution in [0.15, 0.2) is 72.9 Å². The standard InChI is InChI=1S/C65H114O6/c1-4-7-10-13-16-19-22-25-28-31-32-35-37-40-43-46-49-52-55-58-64(67)70-61-62(71-65(68)59-56-53-50-47-44-41-38-34-30-27-24-21-18-15-12-9-6-3)60-69-63(66)57-54-51-48-45-42-39-36-33-29-26-23-20-17-14-11-8-5-2/h7,10,16,19,25,27-28,30,32,35,40,43,62H,4-6,8-9,11-15,17-18,20-24,26,29,31,33-34,36-39,41-42,44-61H2,1-3H3/b10-7-,19-16-,28-25-,30-27-,35-32-,43-40-. The van der Waals surface area contributed by atoms with Gasteiger partial charge in [-0.25, -0.2) is 0 Å². The number of ether oxygens (including phenoxy) is 3. The summed E-state index contributed by atoms with van der Waals surface area (Å²) in [5.74, 6) is -0.909. The van der Waals surface area contributed by atoms with Gasteiger partial charge in [0.25, 0.3) is 0 Å². The highest BCUT2D eigenvalue weighted by atomic mass is 16.6. The molecule has 1 atom stereocenters. The predicted molar refractivity (Wildman–Crippen MR) is 307 cm³/mol. The molecule has 0 heterocycles. The van der Waals surface area contributed by atoms with Crippen molar-refractivity contribution in [3.63, 3.8) is 0 Å². The molecule has 0 aliphatic rings. The van der Waals surface area contributed by atoms with E-state index in [1.54, 1.807) is 0 Å². The Hall–Kier alpha value is -3.15. The van der Waals surface area contributed by atoms with Crippen LogP contribution >= 0.6 is 0 Å². The van der Waals surface area contributed by atoms with Crippen molar-refractivity contribution in [2.24, 2.45) is 0 Å². The molecule has 0 saturated heterocycles. The molecule has 0 aromatic carbocycles. The average molecular weight is 992 g/mol. The van der Waals surface area contributed by atoms with Crippen molar-refractivity contribution in [1.29, 1.82) is 0 Å². The Morgan fingerprint density at radius 3 is 0.887 bits per heavy atom. The van der Waals surface area contributed by atoms with Crippen LogP contribution < -0.4 is 0 Å². The Balaban J connectivity index is 4.42. The zero-order valence-electron chi connectivity index (χ0n) is 47.0. The summed E-state index contributed by atoms with van der Waals surface area (Å²) >= 11 is 0. The number of hydrogen-bond acceptors (Lipinski definition) is 6. The molecule has 0 spiro atoms. The molecule has 0 saturated carbocycles. The van der Waals surface area contributed by atoms with Crippen LogP contribution in [0.25, 0.3) is 0 Å². The predicted octanol–water partition coefficient (Wildman–Crippen LogP) is 20.5. The van der Waals surface area contributed by atoms with Gasteiger partial charge in [-0.05, 0) is 89.9 Å². The van der Waals surface area contributed by atoms with Gasteiger partial charge in [-0.2, -0.15) is 0 Å². The van der Waals surface area contributed by atoms with E-state index in [1.165, 1.54) is 167 Å². The number of unbranched alkanes of at least 4 members (excludes halogenated alkanes) is 32. The fourth-order valence-electron chi connectivity index (χ4n) is 8.64.